The van der Waals surface area contributed by atoms with Crippen LogP contribution >= 0.6 is 11.8 Å². The van der Waals surface area contributed by atoms with Crippen molar-refractivity contribution in [1.82, 2.24) is 0 Å². The molecule has 0 aromatic carbocycles. The number of hydrogen-bond acceptors (Lipinski definition) is 1. The summed E-state index contributed by atoms with van der Waals surface area (Å²) in [5.74, 6) is 2.71. The molecule has 0 fully saturated rings. The molecule has 0 aliphatic rings. The molecule has 0 atom stereocenters. The van der Waals surface area contributed by atoms with E-state index in [0.29, 0.717) is 0 Å². The highest BCUT2D eigenvalue weighted by molar-refractivity contribution is 7.99. The Hall–Kier alpha value is 0.350. The van der Waals surface area contributed by atoms with Crippen molar-refractivity contribution in [2.24, 2.45) is 0 Å². The van der Waals surface area contributed by atoms with Gasteiger partial charge in [0.05, 0.1) is 0 Å². The monoisotopic (exact) mass is 192 g/mol. The van der Waals surface area contributed by atoms with Crippen LogP contribution < -0.4 is 0 Å². The van der Waals surface area contributed by atoms with E-state index in [1.54, 1.807) is 0 Å². The summed E-state index contributed by atoms with van der Waals surface area (Å²) in [4.78, 5) is 0. The summed E-state index contributed by atoms with van der Waals surface area (Å²) in [6, 6.07) is 0. The summed E-state index contributed by atoms with van der Waals surface area (Å²) in [7, 11) is 0. The van der Waals surface area contributed by atoms with Gasteiger partial charge in [-0.1, -0.05) is 48.0 Å². The second-order valence-corrected chi connectivity index (χ2v) is 3.19. The molecule has 0 nitrogen and oxygen atoms in total. The molecule has 12 heavy (non-hydrogen) atoms. The summed E-state index contributed by atoms with van der Waals surface area (Å²) in [5, 5.41) is 0. The molecule has 0 N–H and O–H groups in total. The van der Waals surface area contributed by atoms with Gasteiger partial charge in [-0.05, 0) is 24.3 Å². The van der Waals surface area contributed by atoms with E-state index >= 15 is 0 Å². The average molecular weight is 192 g/mol. The summed E-state index contributed by atoms with van der Waals surface area (Å²) in [6.45, 7) is 12.5. The molecule has 0 rings (SSSR count). The normalized spacial score (nSPS) is 7.50. The Morgan fingerprint density at radius 1 is 0.750 bits per heavy atom. The van der Waals surface area contributed by atoms with Crippen LogP contribution in [0, 0.1) is 0 Å². The largest absolute Gasteiger partial charge is 0.162 e. The van der Waals surface area contributed by atoms with Crippen LogP contribution in [0.3, 0.4) is 0 Å². The first-order chi connectivity index (χ1) is 5.91. The van der Waals surface area contributed by atoms with E-state index < -0.39 is 0 Å². The Kier molecular flexibility index (Phi) is 45.7. The molecule has 0 heterocycles. The van der Waals surface area contributed by atoms with Crippen LogP contribution in [0.2, 0.25) is 0 Å². The SMILES string of the molecule is CC.CC.CCCCSCCC. The molecule has 0 radical (unpaired) electrons. The van der Waals surface area contributed by atoms with Gasteiger partial charge in [0.2, 0.25) is 0 Å². The number of unbranched alkanes of at least 4 members (excludes halogenated alkanes) is 1. The van der Waals surface area contributed by atoms with Crippen molar-refractivity contribution in [3.05, 3.63) is 0 Å². The highest BCUT2D eigenvalue weighted by Gasteiger charge is 1.83. The average Bonchev–Trinajstić information content (AvgIpc) is 2.19. The molecule has 0 aromatic rings. The summed E-state index contributed by atoms with van der Waals surface area (Å²) < 4.78 is 0. The maximum atomic E-state index is 2.24. The van der Waals surface area contributed by atoms with Gasteiger partial charge in [0, 0.05) is 0 Å². The smallest absolute Gasteiger partial charge is 0.00676 e. The molecule has 0 amide bonds. The minimum Gasteiger partial charge on any atom is -0.162 e. The molecule has 0 spiro atoms. The van der Waals surface area contributed by atoms with Gasteiger partial charge in [0.25, 0.3) is 0 Å². The van der Waals surface area contributed by atoms with Crippen molar-refractivity contribution in [3.8, 4) is 0 Å². The third-order valence-corrected chi connectivity index (χ3v) is 2.26. The maximum absolute atomic E-state index is 2.24. The third kappa shape index (κ3) is 31.6. The van der Waals surface area contributed by atoms with Crippen molar-refractivity contribution in [3.63, 3.8) is 0 Å². The summed E-state index contributed by atoms with van der Waals surface area (Å²) >= 11 is 2.08. The fraction of sp³-hybridized carbons (Fsp3) is 1.00. The van der Waals surface area contributed by atoms with E-state index in [4.69, 9.17) is 0 Å². The van der Waals surface area contributed by atoms with Crippen LogP contribution in [0.5, 0.6) is 0 Å². The topological polar surface area (TPSA) is 0 Å². The number of hydrogen-bond donors (Lipinski definition) is 0. The lowest BCUT2D eigenvalue weighted by molar-refractivity contribution is 0.895. The number of rotatable bonds is 5. The molecule has 0 aromatic heterocycles. The van der Waals surface area contributed by atoms with Gasteiger partial charge in [0.15, 0.2) is 0 Å². The standard InChI is InChI=1S/C7H16S.2C2H6/c1-3-5-7-8-6-4-2;2*1-2/h3-7H2,1-2H3;2*1-2H3. The second-order valence-electron chi connectivity index (χ2n) is 1.97. The van der Waals surface area contributed by atoms with E-state index in [-0.39, 0.29) is 0 Å². The lowest BCUT2D eigenvalue weighted by atomic mass is 10.4. The zero-order valence-electron chi connectivity index (χ0n) is 9.94. The Morgan fingerprint density at radius 3 is 1.58 bits per heavy atom. The van der Waals surface area contributed by atoms with Gasteiger partial charge in [-0.2, -0.15) is 11.8 Å². The zero-order chi connectivity index (χ0) is 10.2. The van der Waals surface area contributed by atoms with Crippen molar-refractivity contribution in [2.75, 3.05) is 11.5 Å². The molecular weight excluding hydrogens is 164 g/mol. The molecule has 78 valence electrons. The van der Waals surface area contributed by atoms with E-state index in [1.165, 1.54) is 30.8 Å². The van der Waals surface area contributed by atoms with Crippen LogP contribution in [0.25, 0.3) is 0 Å². The summed E-state index contributed by atoms with van der Waals surface area (Å²) in [5.41, 5.74) is 0. The Labute approximate surface area is 84.5 Å². The van der Waals surface area contributed by atoms with E-state index in [1.807, 2.05) is 27.7 Å². The third-order valence-electron chi connectivity index (χ3n) is 0.991. The zero-order valence-corrected chi connectivity index (χ0v) is 10.8. The molecule has 0 saturated heterocycles. The molecule has 0 unspecified atom stereocenters. The molecule has 1 heteroatoms. The minimum atomic E-state index is 1.33. The van der Waals surface area contributed by atoms with Crippen molar-refractivity contribution < 1.29 is 0 Å². The second kappa shape index (κ2) is 30.2. The van der Waals surface area contributed by atoms with Crippen LogP contribution in [0.15, 0.2) is 0 Å². The van der Waals surface area contributed by atoms with Gasteiger partial charge >= 0.3 is 0 Å². The number of thioether (sulfide) groups is 1. The van der Waals surface area contributed by atoms with Gasteiger partial charge in [-0.15, -0.1) is 0 Å². The fourth-order valence-corrected chi connectivity index (χ4v) is 1.48. The van der Waals surface area contributed by atoms with E-state index in [0.717, 1.165) is 0 Å². The van der Waals surface area contributed by atoms with Gasteiger partial charge in [-0.3, -0.25) is 0 Å². The Bertz CT molecular complexity index is 30.0. The predicted octanol–water partition coefficient (Wildman–Crippen LogP) is 4.98. The van der Waals surface area contributed by atoms with Gasteiger partial charge in [-0.25, -0.2) is 0 Å². The van der Waals surface area contributed by atoms with Gasteiger partial charge in [0.1, 0.15) is 0 Å². The molecule has 0 saturated carbocycles. The minimum absolute atomic E-state index is 1.33. The van der Waals surface area contributed by atoms with Crippen LogP contribution in [0.1, 0.15) is 60.8 Å². The van der Waals surface area contributed by atoms with Crippen LogP contribution in [0.4, 0.5) is 0 Å². The predicted molar refractivity (Wildman–Crippen MR) is 65.2 cm³/mol. The Morgan fingerprint density at radius 2 is 1.25 bits per heavy atom. The first-order valence-corrected chi connectivity index (χ1v) is 6.65. The molecule has 0 aliphatic heterocycles. The fourth-order valence-electron chi connectivity index (χ4n) is 0.493. The lowest BCUT2D eigenvalue weighted by Gasteiger charge is -1.94. The van der Waals surface area contributed by atoms with E-state index in [2.05, 4.69) is 25.6 Å². The van der Waals surface area contributed by atoms with Crippen LogP contribution in [-0.2, 0) is 0 Å². The highest BCUT2D eigenvalue weighted by atomic mass is 32.2. The maximum Gasteiger partial charge on any atom is -0.00676 e. The van der Waals surface area contributed by atoms with Crippen molar-refractivity contribution in [1.29, 1.82) is 0 Å². The molecule has 0 bridgehead atoms. The van der Waals surface area contributed by atoms with E-state index in [9.17, 15) is 0 Å². The Balaban J connectivity index is -0.000000175. The van der Waals surface area contributed by atoms with Gasteiger partial charge < -0.3 is 0 Å². The van der Waals surface area contributed by atoms with Crippen molar-refractivity contribution >= 4 is 11.8 Å². The molecular formula is C11H28S. The van der Waals surface area contributed by atoms with Crippen molar-refractivity contribution in [2.45, 2.75) is 60.8 Å². The highest BCUT2D eigenvalue weighted by Crippen LogP contribution is 2.04. The lowest BCUT2D eigenvalue weighted by Crippen LogP contribution is -1.79. The first-order valence-electron chi connectivity index (χ1n) is 5.49. The molecule has 0 aliphatic carbocycles. The first kappa shape index (κ1) is 18.2. The summed E-state index contributed by atoms with van der Waals surface area (Å²) in [6.07, 6.45) is 4.07. The quantitative estimate of drug-likeness (QED) is 0.553. The van der Waals surface area contributed by atoms with Crippen LogP contribution in [-0.4, -0.2) is 11.5 Å².